The van der Waals surface area contributed by atoms with Crippen LogP contribution >= 0.6 is 0 Å². The third-order valence-corrected chi connectivity index (χ3v) is 4.21. The van der Waals surface area contributed by atoms with Gasteiger partial charge in [0.2, 0.25) is 0 Å². The van der Waals surface area contributed by atoms with E-state index in [4.69, 9.17) is 14.6 Å². The lowest BCUT2D eigenvalue weighted by Gasteiger charge is -2.05. The van der Waals surface area contributed by atoms with E-state index in [1.807, 2.05) is 72.8 Å². The van der Waals surface area contributed by atoms with Crippen molar-refractivity contribution in [2.24, 2.45) is 0 Å². The number of benzene rings is 4. The molecule has 4 aromatic rings. The zero-order valence-electron chi connectivity index (χ0n) is 17.6. The summed E-state index contributed by atoms with van der Waals surface area (Å²) in [4.78, 5) is 10.0. The Labute approximate surface area is 183 Å². The monoisotopic (exact) mass is 414 g/mol. The highest BCUT2D eigenvalue weighted by Crippen LogP contribution is 2.24. The minimum absolute atomic E-state index is 0.322. The van der Waals surface area contributed by atoms with Gasteiger partial charge in [0.05, 0.1) is 14.2 Å². The van der Waals surface area contributed by atoms with Gasteiger partial charge < -0.3 is 14.6 Å². The fourth-order valence-corrected chi connectivity index (χ4v) is 2.53. The number of hydrogen-bond donors (Lipinski definition) is 1. The maximum Gasteiger partial charge on any atom is 0.150 e. The number of hydrogen-bond acceptors (Lipinski definition) is 4. The first-order valence-electron chi connectivity index (χ1n) is 9.69. The van der Waals surface area contributed by atoms with Crippen molar-refractivity contribution < 1.29 is 19.4 Å². The Bertz CT molecular complexity index is 951. The molecule has 4 heteroatoms. The van der Waals surface area contributed by atoms with Crippen molar-refractivity contribution in [3.63, 3.8) is 0 Å². The first-order valence-corrected chi connectivity index (χ1v) is 9.69. The second-order valence-corrected chi connectivity index (χ2v) is 6.32. The van der Waals surface area contributed by atoms with Crippen LogP contribution < -0.4 is 9.47 Å². The highest BCUT2D eigenvalue weighted by molar-refractivity contribution is 5.74. The van der Waals surface area contributed by atoms with Gasteiger partial charge in [-0.1, -0.05) is 72.8 Å². The van der Waals surface area contributed by atoms with Crippen molar-refractivity contribution in [1.29, 1.82) is 0 Å². The molecule has 0 saturated carbocycles. The molecular formula is C27H26O4. The van der Waals surface area contributed by atoms with Gasteiger partial charge in [-0.05, 0) is 47.5 Å². The van der Waals surface area contributed by atoms with E-state index in [9.17, 15) is 4.79 Å². The Morgan fingerprint density at radius 3 is 1.23 bits per heavy atom. The summed E-state index contributed by atoms with van der Waals surface area (Å²) in [6.45, 7) is 0. The van der Waals surface area contributed by atoms with Crippen molar-refractivity contribution in [3.8, 4) is 28.4 Å². The first-order chi connectivity index (χ1) is 15.2. The van der Waals surface area contributed by atoms with Crippen LogP contribution in [0.2, 0.25) is 0 Å². The van der Waals surface area contributed by atoms with Gasteiger partial charge in [0.15, 0.2) is 0 Å². The predicted molar refractivity (Wildman–Crippen MR) is 125 cm³/mol. The van der Waals surface area contributed by atoms with Crippen LogP contribution in [-0.4, -0.2) is 25.6 Å². The normalized spacial score (nSPS) is 9.23. The number of carbonyl (C=O) groups excluding carboxylic acids is 1. The lowest BCUT2D eigenvalue weighted by molar-refractivity contribution is 0.112. The molecule has 4 nitrogen and oxygen atoms in total. The molecule has 0 aliphatic carbocycles. The second-order valence-electron chi connectivity index (χ2n) is 6.32. The maximum absolute atomic E-state index is 10.0. The van der Waals surface area contributed by atoms with Crippen LogP contribution in [0.15, 0.2) is 109 Å². The quantitative estimate of drug-likeness (QED) is 0.400. The lowest BCUT2D eigenvalue weighted by Crippen LogP contribution is -1.84. The number of phenolic OH excluding ortho intramolecular Hbond substituents is 1. The number of para-hydroxylation sites is 1. The van der Waals surface area contributed by atoms with Gasteiger partial charge in [0.1, 0.15) is 23.5 Å². The number of rotatable bonds is 4. The summed E-state index contributed by atoms with van der Waals surface area (Å²) in [7, 11) is 3.34. The minimum Gasteiger partial charge on any atom is -0.508 e. The molecule has 0 spiro atoms. The summed E-state index contributed by atoms with van der Waals surface area (Å²) < 4.78 is 10.2. The van der Waals surface area contributed by atoms with Crippen LogP contribution in [0.4, 0.5) is 0 Å². The number of ether oxygens (including phenoxy) is 2. The van der Waals surface area contributed by atoms with Crippen LogP contribution in [0.25, 0.3) is 11.1 Å². The topological polar surface area (TPSA) is 55.8 Å². The molecule has 4 aromatic carbocycles. The molecule has 0 aliphatic rings. The summed E-state index contributed by atoms with van der Waals surface area (Å²) in [5.74, 6) is 2.07. The first kappa shape index (κ1) is 23.2. The summed E-state index contributed by atoms with van der Waals surface area (Å²) >= 11 is 0. The largest absolute Gasteiger partial charge is 0.508 e. The van der Waals surface area contributed by atoms with Crippen molar-refractivity contribution in [2.75, 3.05) is 14.2 Å². The van der Waals surface area contributed by atoms with E-state index in [-0.39, 0.29) is 0 Å². The number of methoxy groups -OCH3 is 2. The fraction of sp³-hybridized carbons (Fsp3) is 0.0741. The Hall–Kier alpha value is -4.05. The van der Waals surface area contributed by atoms with E-state index in [1.54, 1.807) is 50.6 Å². The summed E-state index contributed by atoms with van der Waals surface area (Å²) in [6, 6.07) is 33.8. The third-order valence-electron chi connectivity index (χ3n) is 4.21. The molecule has 0 bridgehead atoms. The van der Waals surface area contributed by atoms with Crippen molar-refractivity contribution in [3.05, 3.63) is 115 Å². The molecule has 0 amide bonds. The van der Waals surface area contributed by atoms with Crippen LogP contribution in [0, 0.1) is 0 Å². The van der Waals surface area contributed by atoms with Crippen LogP contribution in [0.3, 0.4) is 0 Å². The molecule has 0 aliphatic heterocycles. The predicted octanol–water partition coefficient (Wildman–Crippen LogP) is 6.26. The molecule has 1 N–H and O–H groups in total. The number of phenols is 1. The molecule has 0 aromatic heterocycles. The van der Waals surface area contributed by atoms with Gasteiger partial charge in [-0.25, -0.2) is 0 Å². The molecule has 0 radical (unpaired) electrons. The molecule has 158 valence electrons. The van der Waals surface area contributed by atoms with E-state index in [0.717, 1.165) is 23.3 Å². The molecule has 0 saturated heterocycles. The van der Waals surface area contributed by atoms with Crippen LogP contribution in [0.5, 0.6) is 17.2 Å². The summed E-state index contributed by atoms with van der Waals surface area (Å²) in [6.07, 6.45) is 0.833. The number of aldehydes is 1. The van der Waals surface area contributed by atoms with Gasteiger partial charge in [0.25, 0.3) is 0 Å². The van der Waals surface area contributed by atoms with Gasteiger partial charge in [-0.2, -0.15) is 0 Å². The molecule has 0 unspecified atom stereocenters. The lowest BCUT2D eigenvalue weighted by atomic mass is 10.1. The summed E-state index contributed by atoms with van der Waals surface area (Å²) in [5, 5.41) is 8.63. The van der Waals surface area contributed by atoms with E-state index in [1.165, 1.54) is 11.1 Å². The fourth-order valence-electron chi connectivity index (χ4n) is 2.53. The Kier molecular flexibility index (Phi) is 9.91. The zero-order chi connectivity index (χ0) is 22.3. The van der Waals surface area contributed by atoms with Crippen molar-refractivity contribution >= 4 is 6.29 Å². The standard InChI is InChI=1S/C14H14O2.C7H6O.C6H6O/c1-15-13-7-3-11(4-8-13)12-5-9-14(16-2)10-6-12;8-6-7-4-2-1-3-5-7;7-6-4-2-1-3-5-6/h3-10H,1-2H3;1-6H;1-5,7H. The van der Waals surface area contributed by atoms with Gasteiger partial charge in [-0.3, -0.25) is 4.79 Å². The van der Waals surface area contributed by atoms with E-state index in [2.05, 4.69) is 0 Å². The molecule has 31 heavy (non-hydrogen) atoms. The SMILES string of the molecule is COc1ccc(-c2ccc(OC)cc2)cc1.O=Cc1ccccc1.Oc1ccccc1. The highest BCUT2D eigenvalue weighted by Gasteiger charge is 1.98. The molecule has 0 atom stereocenters. The Balaban J connectivity index is 0.000000189. The average molecular weight is 415 g/mol. The van der Waals surface area contributed by atoms with Crippen molar-refractivity contribution in [2.45, 2.75) is 0 Å². The van der Waals surface area contributed by atoms with Crippen molar-refractivity contribution in [1.82, 2.24) is 0 Å². The average Bonchev–Trinajstić information content (AvgIpc) is 2.86. The molecule has 0 fully saturated rings. The number of aromatic hydroxyl groups is 1. The molecule has 4 rings (SSSR count). The van der Waals surface area contributed by atoms with Gasteiger partial charge in [-0.15, -0.1) is 0 Å². The maximum atomic E-state index is 10.0. The van der Waals surface area contributed by atoms with Gasteiger partial charge >= 0.3 is 0 Å². The second kappa shape index (κ2) is 13.2. The summed E-state index contributed by atoms with van der Waals surface area (Å²) in [5.41, 5.74) is 3.07. The van der Waals surface area contributed by atoms with E-state index < -0.39 is 0 Å². The van der Waals surface area contributed by atoms with Crippen LogP contribution in [0.1, 0.15) is 10.4 Å². The minimum atomic E-state index is 0.322. The zero-order valence-corrected chi connectivity index (χ0v) is 17.6. The smallest absolute Gasteiger partial charge is 0.150 e. The molecule has 0 heterocycles. The molecular weight excluding hydrogens is 388 g/mol. The highest BCUT2D eigenvalue weighted by atomic mass is 16.5. The Morgan fingerprint density at radius 2 is 0.968 bits per heavy atom. The van der Waals surface area contributed by atoms with Gasteiger partial charge in [0, 0.05) is 5.56 Å². The number of carbonyl (C=O) groups is 1. The third kappa shape index (κ3) is 8.46. The van der Waals surface area contributed by atoms with E-state index >= 15 is 0 Å². The van der Waals surface area contributed by atoms with E-state index in [0.29, 0.717) is 5.75 Å². The van der Waals surface area contributed by atoms with Crippen LogP contribution in [-0.2, 0) is 0 Å². The Morgan fingerprint density at radius 1 is 0.581 bits per heavy atom.